The van der Waals surface area contributed by atoms with Crippen LogP contribution in [0.4, 0.5) is 5.69 Å². The Bertz CT molecular complexity index is 352. The lowest BCUT2D eigenvalue weighted by Crippen LogP contribution is -2.27. The van der Waals surface area contributed by atoms with E-state index >= 15 is 0 Å². The second kappa shape index (κ2) is 5.66. The molecule has 0 atom stereocenters. The molecule has 0 saturated carbocycles. The first-order valence-electron chi connectivity index (χ1n) is 5.93. The van der Waals surface area contributed by atoms with Crippen LogP contribution in [-0.4, -0.2) is 31.2 Å². The summed E-state index contributed by atoms with van der Waals surface area (Å²) in [6.45, 7) is 6.41. The van der Waals surface area contributed by atoms with E-state index in [0.29, 0.717) is 0 Å². The summed E-state index contributed by atoms with van der Waals surface area (Å²) in [6.07, 6.45) is 9.20. The highest BCUT2D eigenvalue weighted by Gasteiger charge is 2.09. The van der Waals surface area contributed by atoms with Gasteiger partial charge in [0.1, 0.15) is 0 Å². The summed E-state index contributed by atoms with van der Waals surface area (Å²) in [4.78, 5) is 6.70. The average Bonchev–Trinajstić information content (AvgIpc) is 2.58. The van der Waals surface area contributed by atoms with E-state index in [9.17, 15) is 0 Å². The van der Waals surface area contributed by atoms with Gasteiger partial charge < -0.3 is 10.2 Å². The monoisotopic (exact) mass is 217 g/mol. The van der Waals surface area contributed by atoms with Gasteiger partial charge in [0.25, 0.3) is 0 Å². The first-order valence-corrected chi connectivity index (χ1v) is 5.93. The minimum Gasteiger partial charge on any atom is -0.369 e. The van der Waals surface area contributed by atoms with Gasteiger partial charge in [-0.3, -0.25) is 4.98 Å². The lowest BCUT2D eigenvalue weighted by atomic mass is 10.2. The Morgan fingerprint density at radius 2 is 2.25 bits per heavy atom. The maximum Gasteiger partial charge on any atom is 0.0559 e. The molecule has 2 rings (SSSR count). The van der Waals surface area contributed by atoms with E-state index in [0.717, 1.165) is 26.2 Å². The summed E-state index contributed by atoms with van der Waals surface area (Å²) in [5.74, 6) is 0. The Kier molecular flexibility index (Phi) is 3.94. The third-order valence-corrected chi connectivity index (χ3v) is 2.81. The van der Waals surface area contributed by atoms with E-state index in [4.69, 9.17) is 0 Å². The fourth-order valence-corrected chi connectivity index (χ4v) is 2.01. The molecular formula is C13H19N3. The molecule has 3 heteroatoms. The minimum atomic E-state index is 1.06. The molecule has 0 aromatic carbocycles. The number of aromatic nitrogens is 1. The van der Waals surface area contributed by atoms with E-state index in [1.54, 1.807) is 0 Å². The van der Waals surface area contributed by atoms with Crippen molar-refractivity contribution in [3.63, 3.8) is 0 Å². The number of hydrogen-bond donors (Lipinski definition) is 1. The summed E-state index contributed by atoms with van der Waals surface area (Å²) in [5.41, 5.74) is 2.41. The van der Waals surface area contributed by atoms with Crippen LogP contribution in [0.2, 0.25) is 0 Å². The Labute approximate surface area is 97.2 Å². The number of allylic oxidation sites excluding steroid dienone is 1. The molecule has 2 heterocycles. The molecule has 0 spiro atoms. The zero-order chi connectivity index (χ0) is 11.2. The number of nitrogens with zero attached hydrogens (tertiary/aromatic N) is 2. The fraction of sp³-hybridized carbons (Fsp3) is 0.462. The Morgan fingerprint density at radius 3 is 3.12 bits per heavy atom. The largest absolute Gasteiger partial charge is 0.369 e. The zero-order valence-corrected chi connectivity index (χ0v) is 9.82. The average molecular weight is 217 g/mol. The molecule has 1 saturated heterocycles. The molecule has 0 aliphatic carbocycles. The van der Waals surface area contributed by atoms with Crippen LogP contribution in [0.5, 0.6) is 0 Å². The van der Waals surface area contributed by atoms with Gasteiger partial charge in [-0.15, -0.1) is 0 Å². The predicted octanol–water partition coefficient (Wildman–Crippen LogP) is 1.91. The van der Waals surface area contributed by atoms with Crippen molar-refractivity contribution in [2.24, 2.45) is 0 Å². The fourth-order valence-electron chi connectivity index (χ4n) is 2.01. The molecule has 3 nitrogen and oxygen atoms in total. The van der Waals surface area contributed by atoms with Crippen molar-refractivity contribution < 1.29 is 0 Å². The molecule has 1 N–H and O–H groups in total. The lowest BCUT2D eigenvalue weighted by molar-refractivity contribution is 0.724. The first kappa shape index (κ1) is 11.1. The Hall–Kier alpha value is -1.35. The number of pyridine rings is 1. The molecule has 1 fully saturated rings. The minimum absolute atomic E-state index is 1.06. The van der Waals surface area contributed by atoms with Crippen molar-refractivity contribution in [2.45, 2.75) is 13.3 Å². The summed E-state index contributed by atoms with van der Waals surface area (Å²) in [5, 5.41) is 3.41. The van der Waals surface area contributed by atoms with Gasteiger partial charge in [-0.05, 0) is 31.5 Å². The van der Waals surface area contributed by atoms with Crippen molar-refractivity contribution in [1.82, 2.24) is 10.3 Å². The highest BCUT2D eigenvalue weighted by molar-refractivity contribution is 5.56. The predicted molar refractivity (Wildman–Crippen MR) is 68.6 cm³/mol. The van der Waals surface area contributed by atoms with Crippen LogP contribution < -0.4 is 10.2 Å². The van der Waals surface area contributed by atoms with Crippen molar-refractivity contribution >= 4 is 11.8 Å². The number of rotatable bonds is 2. The van der Waals surface area contributed by atoms with Gasteiger partial charge in [0.15, 0.2) is 0 Å². The smallest absolute Gasteiger partial charge is 0.0559 e. The molecule has 1 aromatic rings. The van der Waals surface area contributed by atoms with E-state index in [1.165, 1.54) is 17.7 Å². The van der Waals surface area contributed by atoms with Crippen LogP contribution in [0.25, 0.3) is 6.08 Å². The molecule has 16 heavy (non-hydrogen) atoms. The van der Waals surface area contributed by atoms with E-state index in [-0.39, 0.29) is 0 Å². The quantitative estimate of drug-likeness (QED) is 0.820. The first-order chi connectivity index (χ1) is 7.90. The second-order valence-corrected chi connectivity index (χ2v) is 4.07. The van der Waals surface area contributed by atoms with Crippen molar-refractivity contribution in [3.8, 4) is 0 Å². The molecule has 86 valence electrons. The van der Waals surface area contributed by atoms with E-state index in [2.05, 4.69) is 27.3 Å². The van der Waals surface area contributed by atoms with Crippen LogP contribution in [0, 0.1) is 0 Å². The zero-order valence-electron chi connectivity index (χ0n) is 9.82. The Balaban J connectivity index is 2.14. The van der Waals surface area contributed by atoms with Crippen LogP contribution in [0.1, 0.15) is 18.9 Å². The van der Waals surface area contributed by atoms with Gasteiger partial charge in [0.05, 0.1) is 11.9 Å². The molecule has 0 radical (unpaired) electrons. The molecule has 0 unspecified atom stereocenters. The van der Waals surface area contributed by atoms with Crippen molar-refractivity contribution in [2.75, 3.05) is 31.1 Å². The maximum atomic E-state index is 4.30. The standard InChI is InChI=1S/C13H19N3/c1-2-4-12-9-13(11-15-10-12)16-7-3-5-14-6-8-16/h2,4,9-11,14H,3,5-8H2,1H3. The summed E-state index contributed by atoms with van der Waals surface area (Å²) in [6, 6.07) is 2.21. The Morgan fingerprint density at radius 1 is 1.31 bits per heavy atom. The van der Waals surface area contributed by atoms with Crippen molar-refractivity contribution in [3.05, 3.63) is 30.1 Å². The second-order valence-electron chi connectivity index (χ2n) is 4.07. The molecule has 1 aromatic heterocycles. The van der Waals surface area contributed by atoms with E-state index in [1.807, 2.05) is 25.4 Å². The molecule has 0 bridgehead atoms. The SMILES string of the molecule is CC=Cc1cncc(N2CCCNCC2)c1. The van der Waals surface area contributed by atoms with E-state index < -0.39 is 0 Å². The lowest BCUT2D eigenvalue weighted by Gasteiger charge is -2.22. The third-order valence-electron chi connectivity index (χ3n) is 2.81. The van der Waals surface area contributed by atoms with Crippen LogP contribution in [0.3, 0.4) is 0 Å². The van der Waals surface area contributed by atoms with Crippen molar-refractivity contribution in [1.29, 1.82) is 0 Å². The molecule has 1 aliphatic rings. The molecular weight excluding hydrogens is 198 g/mol. The summed E-state index contributed by atoms with van der Waals surface area (Å²) >= 11 is 0. The summed E-state index contributed by atoms with van der Waals surface area (Å²) < 4.78 is 0. The number of anilines is 1. The maximum absolute atomic E-state index is 4.30. The van der Waals surface area contributed by atoms with Crippen LogP contribution >= 0.6 is 0 Å². The van der Waals surface area contributed by atoms with Crippen LogP contribution in [-0.2, 0) is 0 Å². The molecule has 0 amide bonds. The topological polar surface area (TPSA) is 28.2 Å². The van der Waals surface area contributed by atoms with Gasteiger partial charge in [-0.2, -0.15) is 0 Å². The van der Waals surface area contributed by atoms with Gasteiger partial charge in [0.2, 0.25) is 0 Å². The van der Waals surface area contributed by atoms with Crippen LogP contribution in [0.15, 0.2) is 24.5 Å². The third kappa shape index (κ3) is 2.83. The summed E-state index contributed by atoms with van der Waals surface area (Å²) in [7, 11) is 0. The number of nitrogens with one attached hydrogen (secondary N) is 1. The van der Waals surface area contributed by atoms with Gasteiger partial charge in [-0.25, -0.2) is 0 Å². The molecule has 1 aliphatic heterocycles. The van der Waals surface area contributed by atoms with Gasteiger partial charge in [0, 0.05) is 25.8 Å². The number of hydrogen-bond acceptors (Lipinski definition) is 3. The highest BCUT2D eigenvalue weighted by atomic mass is 15.2. The normalized spacial score (nSPS) is 17.7. The van der Waals surface area contributed by atoms with Gasteiger partial charge >= 0.3 is 0 Å². The van der Waals surface area contributed by atoms with Gasteiger partial charge in [-0.1, -0.05) is 12.2 Å². The highest BCUT2D eigenvalue weighted by Crippen LogP contribution is 2.16.